The number of hydrogen-bond acceptors (Lipinski definition) is 2. The van der Waals surface area contributed by atoms with E-state index in [2.05, 4.69) is 57.8 Å². The lowest BCUT2D eigenvalue weighted by Gasteiger charge is -2.23. The van der Waals surface area contributed by atoms with Gasteiger partial charge >= 0.3 is 0 Å². The Morgan fingerprint density at radius 3 is 2.42 bits per heavy atom. The second-order valence-electron chi connectivity index (χ2n) is 6.58. The predicted molar refractivity (Wildman–Crippen MR) is 81.5 cm³/mol. The van der Waals surface area contributed by atoms with Gasteiger partial charge in [-0.25, -0.2) is 0 Å². The van der Waals surface area contributed by atoms with E-state index in [4.69, 9.17) is 0 Å². The van der Waals surface area contributed by atoms with Crippen molar-refractivity contribution in [2.24, 2.45) is 0 Å². The Labute approximate surface area is 117 Å². The molecule has 0 atom stereocenters. The highest BCUT2D eigenvalue weighted by Crippen LogP contribution is 2.25. The molecule has 0 spiro atoms. The molecule has 1 aromatic rings. The quantitative estimate of drug-likeness (QED) is 0.805. The Bertz CT molecular complexity index is 443. The van der Waals surface area contributed by atoms with Gasteiger partial charge in [0.2, 0.25) is 0 Å². The summed E-state index contributed by atoms with van der Waals surface area (Å²) in [4.78, 5) is 13.2. The highest BCUT2D eigenvalue weighted by molar-refractivity contribution is 5.75. The van der Waals surface area contributed by atoms with Crippen LogP contribution in [-0.4, -0.2) is 24.3 Å². The van der Waals surface area contributed by atoms with E-state index in [1.54, 1.807) is 6.92 Å². The van der Waals surface area contributed by atoms with Gasteiger partial charge in [-0.1, -0.05) is 39.0 Å². The van der Waals surface area contributed by atoms with Crippen LogP contribution in [0.15, 0.2) is 18.2 Å². The maximum atomic E-state index is 11.0. The van der Waals surface area contributed by atoms with Crippen molar-refractivity contribution in [1.82, 2.24) is 4.90 Å². The van der Waals surface area contributed by atoms with Crippen molar-refractivity contribution in [2.75, 3.05) is 13.6 Å². The Morgan fingerprint density at radius 1 is 1.26 bits per heavy atom. The van der Waals surface area contributed by atoms with E-state index in [1.165, 1.54) is 16.7 Å². The first-order valence-corrected chi connectivity index (χ1v) is 6.98. The lowest BCUT2D eigenvalue weighted by atomic mass is 9.85. The zero-order valence-corrected chi connectivity index (χ0v) is 13.2. The zero-order chi connectivity index (χ0) is 14.6. The van der Waals surface area contributed by atoms with E-state index < -0.39 is 0 Å². The summed E-state index contributed by atoms with van der Waals surface area (Å²) >= 11 is 0. The SMILES string of the molecule is CC(=O)CCN(C)Cc1cc(C(C)(C)C)ccc1C. The average Bonchev–Trinajstić information content (AvgIpc) is 2.28. The number of rotatable bonds is 5. The largest absolute Gasteiger partial charge is 0.302 e. The normalized spacial score (nSPS) is 11.9. The van der Waals surface area contributed by atoms with Crippen molar-refractivity contribution in [3.63, 3.8) is 0 Å². The van der Waals surface area contributed by atoms with Gasteiger partial charge in [-0.3, -0.25) is 4.79 Å². The van der Waals surface area contributed by atoms with E-state index in [-0.39, 0.29) is 11.2 Å². The number of hydrogen-bond donors (Lipinski definition) is 0. The van der Waals surface area contributed by atoms with Crippen LogP contribution >= 0.6 is 0 Å². The second-order valence-corrected chi connectivity index (χ2v) is 6.58. The van der Waals surface area contributed by atoms with Gasteiger partial charge in [-0.05, 0) is 43.0 Å². The lowest BCUT2D eigenvalue weighted by Crippen LogP contribution is -2.22. The van der Waals surface area contributed by atoms with Gasteiger partial charge in [0.15, 0.2) is 0 Å². The predicted octanol–water partition coefficient (Wildman–Crippen LogP) is 3.70. The molecule has 2 heteroatoms. The van der Waals surface area contributed by atoms with Crippen LogP contribution in [0.2, 0.25) is 0 Å². The van der Waals surface area contributed by atoms with Crippen molar-refractivity contribution in [1.29, 1.82) is 0 Å². The van der Waals surface area contributed by atoms with E-state index >= 15 is 0 Å². The van der Waals surface area contributed by atoms with E-state index in [0.29, 0.717) is 6.42 Å². The third-order valence-electron chi connectivity index (χ3n) is 3.50. The molecule has 1 aromatic carbocycles. The van der Waals surface area contributed by atoms with E-state index in [9.17, 15) is 4.79 Å². The van der Waals surface area contributed by atoms with E-state index in [0.717, 1.165) is 13.1 Å². The highest BCUT2D eigenvalue weighted by atomic mass is 16.1. The fourth-order valence-electron chi connectivity index (χ4n) is 2.03. The van der Waals surface area contributed by atoms with Gasteiger partial charge in [-0.15, -0.1) is 0 Å². The molecule has 0 aliphatic heterocycles. The van der Waals surface area contributed by atoms with Crippen LogP contribution in [-0.2, 0) is 16.8 Å². The Kier molecular flexibility index (Phi) is 5.30. The second kappa shape index (κ2) is 6.33. The molecule has 0 bridgehead atoms. The molecule has 0 aromatic heterocycles. The molecule has 0 unspecified atom stereocenters. The first kappa shape index (κ1) is 15.9. The molecule has 0 saturated heterocycles. The average molecular weight is 261 g/mol. The summed E-state index contributed by atoms with van der Waals surface area (Å²) in [6.45, 7) is 12.3. The summed E-state index contributed by atoms with van der Waals surface area (Å²) in [7, 11) is 2.08. The third-order valence-corrected chi connectivity index (χ3v) is 3.50. The number of aryl methyl sites for hydroxylation is 1. The third kappa shape index (κ3) is 5.15. The first-order chi connectivity index (χ1) is 8.70. The first-order valence-electron chi connectivity index (χ1n) is 6.98. The molecule has 0 aliphatic rings. The number of ketones is 1. The molecule has 0 radical (unpaired) electrons. The number of benzene rings is 1. The van der Waals surface area contributed by atoms with Crippen LogP contribution in [0, 0.1) is 6.92 Å². The molecule has 2 nitrogen and oxygen atoms in total. The van der Waals surface area contributed by atoms with Crippen LogP contribution in [0.4, 0.5) is 0 Å². The summed E-state index contributed by atoms with van der Waals surface area (Å²) in [5.74, 6) is 0.256. The Balaban J connectivity index is 2.80. The van der Waals surface area contributed by atoms with Crippen molar-refractivity contribution in [2.45, 2.75) is 53.0 Å². The molecular formula is C17H27NO. The number of nitrogens with zero attached hydrogens (tertiary/aromatic N) is 1. The molecule has 1 rings (SSSR count). The minimum atomic E-state index is 0.181. The molecule has 0 fully saturated rings. The standard InChI is InChI=1S/C17H27NO/c1-13-7-8-16(17(3,4)5)11-15(13)12-18(6)10-9-14(2)19/h7-8,11H,9-10,12H2,1-6H3. The molecular weight excluding hydrogens is 234 g/mol. The minimum absolute atomic E-state index is 0.181. The molecule has 0 aliphatic carbocycles. The fourth-order valence-corrected chi connectivity index (χ4v) is 2.03. The fraction of sp³-hybridized carbons (Fsp3) is 0.588. The Morgan fingerprint density at radius 2 is 1.89 bits per heavy atom. The van der Waals surface area contributed by atoms with Crippen LogP contribution < -0.4 is 0 Å². The van der Waals surface area contributed by atoms with Crippen LogP contribution in [0.25, 0.3) is 0 Å². The topological polar surface area (TPSA) is 20.3 Å². The van der Waals surface area contributed by atoms with Crippen molar-refractivity contribution in [3.8, 4) is 0 Å². The summed E-state index contributed by atoms with van der Waals surface area (Å²) < 4.78 is 0. The van der Waals surface area contributed by atoms with Crippen molar-refractivity contribution >= 4 is 5.78 Å². The van der Waals surface area contributed by atoms with Gasteiger partial charge in [0.1, 0.15) is 5.78 Å². The van der Waals surface area contributed by atoms with Crippen LogP contribution in [0.3, 0.4) is 0 Å². The highest BCUT2D eigenvalue weighted by Gasteiger charge is 2.15. The van der Waals surface area contributed by atoms with Gasteiger partial charge < -0.3 is 4.90 Å². The van der Waals surface area contributed by atoms with Crippen molar-refractivity contribution < 1.29 is 4.79 Å². The summed E-state index contributed by atoms with van der Waals surface area (Å²) in [6.07, 6.45) is 0.633. The number of carbonyl (C=O) groups excluding carboxylic acids is 1. The molecule has 0 amide bonds. The maximum Gasteiger partial charge on any atom is 0.131 e. The monoisotopic (exact) mass is 261 g/mol. The van der Waals surface area contributed by atoms with Crippen molar-refractivity contribution in [3.05, 3.63) is 34.9 Å². The maximum absolute atomic E-state index is 11.0. The van der Waals surface area contributed by atoms with E-state index in [1.807, 2.05) is 0 Å². The number of carbonyl (C=O) groups is 1. The Hall–Kier alpha value is -1.15. The lowest BCUT2D eigenvalue weighted by molar-refractivity contribution is -0.117. The molecule has 0 saturated carbocycles. The molecule has 0 N–H and O–H groups in total. The summed E-state index contributed by atoms with van der Waals surface area (Å²) in [5.41, 5.74) is 4.23. The zero-order valence-electron chi connectivity index (χ0n) is 13.2. The van der Waals surface area contributed by atoms with Gasteiger partial charge in [0.05, 0.1) is 0 Å². The number of Topliss-reactive ketones (excluding diaryl/α,β-unsaturated/α-hetero) is 1. The molecule has 106 valence electrons. The van der Waals surface area contributed by atoms with Gasteiger partial charge in [-0.2, -0.15) is 0 Å². The summed E-state index contributed by atoms with van der Waals surface area (Å²) in [5, 5.41) is 0. The van der Waals surface area contributed by atoms with Gasteiger partial charge in [0, 0.05) is 19.5 Å². The molecule has 19 heavy (non-hydrogen) atoms. The van der Waals surface area contributed by atoms with Crippen LogP contribution in [0.5, 0.6) is 0 Å². The smallest absolute Gasteiger partial charge is 0.131 e. The van der Waals surface area contributed by atoms with Crippen LogP contribution in [0.1, 0.15) is 50.8 Å². The van der Waals surface area contributed by atoms with Gasteiger partial charge in [0.25, 0.3) is 0 Å². The minimum Gasteiger partial charge on any atom is -0.302 e. The molecule has 0 heterocycles. The summed E-state index contributed by atoms with van der Waals surface area (Å²) in [6, 6.07) is 6.72.